The summed E-state index contributed by atoms with van der Waals surface area (Å²) in [5.74, 6) is -3.39. The second-order valence-electron chi connectivity index (χ2n) is 8.04. The predicted molar refractivity (Wildman–Crippen MR) is 114 cm³/mol. The number of nitrogens with two attached hydrogens (primary N) is 1. The third-order valence-corrected chi connectivity index (χ3v) is 4.69. The summed E-state index contributed by atoms with van der Waals surface area (Å²) < 4.78 is 0. The smallest absolute Gasteiger partial charge is 0.322 e. The summed E-state index contributed by atoms with van der Waals surface area (Å²) in [5, 5.41) is 25.7. The zero-order chi connectivity index (χ0) is 23.7. The van der Waals surface area contributed by atoms with Crippen molar-refractivity contribution in [2.45, 2.75) is 52.2 Å². The molecule has 1 aromatic carbocycles. The molecule has 172 valence electrons. The van der Waals surface area contributed by atoms with Gasteiger partial charge in [0.25, 0.3) is 0 Å². The van der Waals surface area contributed by atoms with E-state index in [-0.39, 0.29) is 24.0 Å². The van der Waals surface area contributed by atoms with Crippen LogP contribution in [0.4, 0.5) is 0 Å². The SMILES string of the molecule is CC(C)C(N)C(=O)NC(Cc1ccc(O)cc1)C(=O)NC(C(=O)NCC(=O)O)C(C)C. The van der Waals surface area contributed by atoms with E-state index in [2.05, 4.69) is 16.0 Å². The van der Waals surface area contributed by atoms with Gasteiger partial charge in [0.15, 0.2) is 0 Å². The molecule has 10 nitrogen and oxygen atoms in total. The van der Waals surface area contributed by atoms with Crippen molar-refractivity contribution in [1.29, 1.82) is 0 Å². The van der Waals surface area contributed by atoms with Crippen molar-refractivity contribution in [2.75, 3.05) is 6.54 Å². The number of carbonyl (C=O) groups is 4. The molecule has 0 aliphatic rings. The van der Waals surface area contributed by atoms with Gasteiger partial charge in [0.2, 0.25) is 17.7 Å². The molecule has 0 heterocycles. The van der Waals surface area contributed by atoms with Gasteiger partial charge in [-0.25, -0.2) is 0 Å². The highest BCUT2D eigenvalue weighted by molar-refractivity contribution is 5.94. The van der Waals surface area contributed by atoms with E-state index in [1.54, 1.807) is 39.8 Å². The molecule has 0 aromatic heterocycles. The molecule has 3 unspecified atom stereocenters. The minimum absolute atomic E-state index is 0.0607. The first-order valence-corrected chi connectivity index (χ1v) is 10.1. The van der Waals surface area contributed by atoms with E-state index >= 15 is 0 Å². The number of carboxylic acids is 1. The highest BCUT2D eigenvalue weighted by Crippen LogP contribution is 2.12. The van der Waals surface area contributed by atoms with Gasteiger partial charge < -0.3 is 31.9 Å². The Morgan fingerprint density at radius 1 is 0.903 bits per heavy atom. The number of benzene rings is 1. The van der Waals surface area contributed by atoms with Gasteiger partial charge in [0, 0.05) is 6.42 Å². The van der Waals surface area contributed by atoms with Crippen molar-refractivity contribution in [3.05, 3.63) is 29.8 Å². The lowest BCUT2D eigenvalue weighted by Crippen LogP contribution is -2.58. The first-order chi connectivity index (χ1) is 14.4. The molecule has 0 saturated heterocycles. The van der Waals surface area contributed by atoms with Crippen molar-refractivity contribution in [1.82, 2.24) is 16.0 Å². The Bertz CT molecular complexity index is 779. The van der Waals surface area contributed by atoms with Gasteiger partial charge in [-0.1, -0.05) is 39.8 Å². The van der Waals surface area contributed by atoms with Crippen molar-refractivity contribution < 1.29 is 29.4 Å². The first kappa shape index (κ1) is 25.9. The molecule has 0 radical (unpaired) electrons. The van der Waals surface area contributed by atoms with Crippen LogP contribution >= 0.6 is 0 Å². The molecule has 0 spiro atoms. The van der Waals surface area contributed by atoms with Crippen LogP contribution in [0.2, 0.25) is 0 Å². The monoisotopic (exact) mass is 436 g/mol. The second kappa shape index (κ2) is 11.9. The lowest BCUT2D eigenvalue weighted by atomic mass is 9.99. The number of rotatable bonds is 11. The maximum Gasteiger partial charge on any atom is 0.322 e. The number of nitrogens with one attached hydrogen (secondary N) is 3. The quantitative estimate of drug-likeness (QED) is 0.277. The van der Waals surface area contributed by atoms with Crippen LogP contribution in [-0.2, 0) is 25.6 Å². The van der Waals surface area contributed by atoms with Gasteiger partial charge in [-0.15, -0.1) is 0 Å². The largest absolute Gasteiger partial charge is 0.508 e. The number of phenolic OH excluding ortho intramolecular Hbond substituents is 1. The van der Waals surface area contributed by atoms with Gasteiger partial charge in [0.05, 0.1) is 6.04 Å². The van der Waals surface area contributed by atoms with Crippen LogP contribution in [0.3, 0.4) is 0 Å². The fraction of sp³-hybridized carbons (Fsp3) is 0.524. The average Bonchev–Trinajstić information content (AvgIpc) is 2.69. The molecular formula is C21H32N4O6. The molecule has 1 aromatic rings. The number of aliphatic carboxylic acids is 1. The normalized spacial score (nSPS) is 13.9. The van der Waals surface area contributed by atoms with Gasteiger partial charge in [-0.2, -0.15) is 0 Å². The fourth-order valence-corrected chi connectivity index (χ4v) is 2.71. The minimum Gasteiger partial charge on any atom is -0.508 e. The molecule has 3 amide bonds. The number of carbonyl (C=O) groups excluding carboxylic acids is 3. The molecule has 1 rings (SSSR count). The number of aromatic hydroxyl groups is 1. The maximum absolute atomic E-state index is 13.0. The summed E-state index contributed by atoms with van der Waals surface area (Å²) in [7, 11) is 0. The fourth-order valence-electron chi connectivity index (χ4n) is 2.71. The molecule has 0 bridgehead atoms. The van der Waals surface area contributed by atoms with Crippen molar-refractivity contribution in [2.24, 2.45) is 17.6 Å². The van der Waals surface area contributed by atoms with Crippen LogP contribution in [0.5, 0.6) is 5.75 Å². The molecule has 10 heteroatoms. The van der Waals surface area contributed by atoms with Crippen LogP contribution in [-0.4, -0.2) is 58.6 Å². The van der Waals surface area contributed by atoms with E-state index < -0.39 is 48.4 Å². The lowest BCUT2D eigenvalue weighted by molar-refractivity contribution is -0.139. The summed E-state index contributed by atoms with van der Waals surface area (Å²) >= 11 is 0. The van der Waals surface area contributed by atoms with Crippen molar-refractivity contribution >= 4 is 23.7 Å². The number of carboxylic acid groups (broad SMARTS) is 1. The van der Waals surface area contributed by atoms with E-state index in [9.17, 15) is 24.3 Å². The predicted octanol–water partition coefficient (Wildman–Crippen LogP) is -0.256. The summed E-state index contributed by atoms with van der Waals surface area (Å²) in [6.07, 6.45) is 0.101. The Labute approximate surface area is 181 Å². The van der Waals surface area contributed by atoms with Crippen LogP contribution in [0, 0.1) is 11.8 Å². The zero-order valence-electron chi connectivity index (χ0n) is 18.2. The molecule has 0 aliphatic carbocycles. The van der Waals surface area contributed by atoms with Crippen molar-refractivity contribution in [3.8, 4) is 5.75 Å². The Kier molecular flexibility index (Phi) is 9.94. The molecule has 0 fully saturated rings. The maximum atomic E-state index is 13.0. The van der Waals surface area contributed by atoms with Crippen LogP contribution < -0.4 is 21.7 Å². The summed E-state index contributed by atoms with van der Waals surface area (Å²) in [6.45, 7) is 6.39. The molecule has 31 heavy (non-hydrogen) atoms. The molecule has 3 atom stereocenters. The first-order valence-electron chi connectivity index (χ1n) is 10.1. The van der Waals surface area contributed by atoms with Gasteiger partial charge in [-0.3, -0.25) is 19.2 Å². The highest BCUT2D eigenvalue weighted by atomic mass is 16.4. The van der Waals surface area contributed by atoms with Crippen molar-refractivity contribution in [3.63, 3.8) is 0 Å². The van der Waals surface area contributed by atoms with Gasteiger partial charge >= 0.3 is 5.97 Å². The Hall–Kier alpha value is -3.14. The number of hydrogen-bond acceptors (Lipinski definition) is 6. The van der Waals surface area contributed by atoms with Crippen LogP contribution in [0.1, 0.15) is 33.3 Å². The van der Waals surface area contributed by atoms with Crippen LogP contribution in [0.15, 0.2) is 24.3 Å². The van der Waals surface area contributed by atoms with E-state index in [0.29, 0.717) is 5.56 Å². The number of phenols is 1. The number of hydrogen-bond donors (Lipinski definition) is 6. The van der Waals surface area contributed by atoms with Crippen LogP contribution in [0.25, 0.3) is 0 Å². The van der Waals surface area contributed by atoms with Gasteiger partial charge in [-0.05, 0) is 29.5 Å². The summed E-state index contributed by atoms with van der Waals surface area (Å²) in [5.41, 5.74) is 6.56. The third-order valence-electron chi connectivity index (χ3n) is 4.69. The highest BCUT2D eigenvalue weighted by Gasteiger charge is 2.30. The van der Waals surface area contributed by atoms with E-state index in [4.69, 9.17) is 10.8 Å². The lowest BCUT2D eigenvalue weighted by Gasteiger charge is -2.26. The third kappa shape index (κ3) is 8.63. The van der Waals surface area contributed by atoms with E-state index in [1.165, 1.54) is 12.1 Å². The molecule has 0 aliphatic heterocycles. The Balaban J connectivity index is 3.03. The molecular weight excluding hydrogens is 404 g/mol. The minimum atomic E-state index is -1.21. The average molecular weight is 437 g/mol. The Morgan fingerprint density at radius 2 is 1.48 bits per heavy atom. The number of amides is 3. The molecule has 0 saturated carbocycles. The van der Waals surface area contributed by atoms with E-state index in [1.807, 2.05) is 0 Å². The van der Waals surface area contributed by atoms with E-state index in [0.717, 1.165) is 0 Å². The standard InChI is InChI=1S/C21H32N4O6/c1-11(2)17(22)20(30)24-15(9-13-5-7-14(26)8-6-13)19(29)25-18(12(3)4)21(31)23-10-16(27)28/h5-8,11-12,15,17-18,26H,9-10,22H2,1-4H3,(H,23,31)(H,24,30)(H,25,29)(H,27,28). The topological polar surface area (TPSA) is 171 Å². The Morgan fingerprint density at radius 3 is 1.97 bits per heavy atom. The summed E-state index contributed by atoms with van der Waals surface area (Å²) in [4.78, 5) is 48.5. The zero-order valence-corrected chi connectivity index (χ0v) is 18.2. The molecule has 7 N–H and O–H groups in total. The summed E-state index contributed by atoms with van der Waals surface area (Å²) in [6, 6.07) is 3.30. The second-order valence-corrected chi connectivity index (χ2v) is 8.04. The van der Waals surface area contributed by atoms with Gasteiger partial charge in [0.1, 0.15) is 24.4 Å².